The molecule has 1 unspecified atom stereocenters. The van der Waals surface area contributed by atoms with Crippen molar-refractivity contribution in [2.75, 3.05) is 6.54 Å². The number of nitrogens with one attached hydrogen (secondary N) is 1. The first kappa shape index (κ1) is 11.9. The van der Waals surface area contributed by atoms with Crippen molar-refractivity contribution >= 4 is 11.3 Å². The van der Waals surface area contributed by atoms with E-state index in [9.17, 15) is 0 Å². The van der Waals surface area contributed by atoms with E-state index in [0.29, 0.717) is 11.9 Å². The summed E-state index contributed by atoms with van der Waals surface area (Å²) in [4.78, 5) is 5.66. The average molecular weight is 263 g/mol. The Morgan fingerprint density at radius 3 is 3.06 bits per heavy atom. The van der Waals surface area contributed by atoms with E-state index < -0.39 is 0 Å². The first-order valence-corrected chi connectivity index (χ1v) is 7.27. The van der Waals surface area contributed by atoms with Gasteiger partial charge in [-0.05, 0) is 30.2 Å². The van der Waals surface area contributed by atoms with Crippen LogP contribution in [0.25, 0.3) is 0 Å². The van der Waals surface area contributed by atoms with Gasteiger partial charge in [0.25, 0.3) is 0 Å². The highest BCUT2D eigenvalue weighted by Crippen LogP contribution is 2.42. The molecule has 2 heterocycles. The van der Waals surface area contributed by atoms with Gasteiger partial charge in [0, 0.05) is 30.8 Å². The number of aryl methyl sites for hydroxylation is 1. The molecule has 1 fully saturated rings. The SMILES string of the molecule is Cc1nc(CCNC(c2cccs2)C2CC2)no1. The molecule has 4 nitrogen and oxygen atoms in total. The summed E-state index contributed by atoms with van der Waals surface area (Å²) in [6.07, 6.45) is 3.51. The Bertz CT molecular complexity index is 490. The van der Waals surface area contributed by atoms with Crippen LogP contribution >= 0.6 is 11.3 Å². The molecule has 2 aromatic heterocycles. The fraction of sp³-hybridized carbons (Fsp3) is 0.538. The van der Waals surface area contributed by atoms with Crippen LogP contribution in [0.1, 0.15) is 35.5 Å². The van der Waals surface area contributed by atoms with Gasteiger partial charge < -0.3 is 9.84 Å². The van der Waals surface area contributed by atoms with E-state index in [1.165, 1.54) is 17.7 Å². The summed E-state index contributed by atoms with van der Waals surface area (Å²) >= 11 is 1.84. The molecule has 5 heteroatoms. The van der Waals surface area contributed by atoms with Gasteiger partial charge in [-0.1, -0.05) is 11.2 Å². The molecule has 1 atom stereocenters. The largest absolute Gasteiger partial charge is 0.340 e. The molecule has 2 aromatic rings. The summed E-state index contributed by atoms with van der Waals surface area (Å²) in [6, 6.07) is 4.86. The molecule has 3 rings (SSSR count). The van der Waals surface area contributed by atoms with Gasteiger partial charge in [0.1, 0.15) is 0 Å². The van der Waals surface area contributed by atoms with Crippen molar-refractivity contribution in [1.29, 1.82) is 0 Å². The predicted octanol–water partition coefficient (Wildman–Crippen LogP) is 2.72. The van der Waals surface area contributed by atoms with Crippen LogP contribution in [0.5, 0.6) is 0 Å². The monoisotopic (exact) mass is 263 g/mol. The molecule has 0 aromatic carbocycles. The second-order valence-corrected chi connectivity index (χ2v) is 5.74. The normalized spacial score (nSPS) is 16.9. The smallest absolute Gasteiger partial charge is 0.223 e. The van der Waals surface area contributed by atoms with E-state index in [1.54, 1.807) is 0 Å². The van der Waals surface area contributed by atoms with E-state index >= 15 is 0 Å². The molecule has 0 amide bonds. The maximum atomic E-state index is 4.97. The Kier molecular flexibility index (Phi) is 3.43. The predicted molar refractivity (Wildman–Crippen MR) is 70.5 cm³/mol. The molecular weight excluding hydrogens is 246 g/mol. The molecular formula is C13H17N3OS. The lowest BCUT2D eigenvalue weighted by atomic mass is 10.1. The highest BCUT2D eigenvalue weighted by Gasteiger charge is 2.32. The molecule has 96 valence electrons. The van der Waals surface area contributed by atoms with Gasteiger partial charge in [0.15, 0.2) is 5.82 Å². The number of hydrogen-bond acceptors (Lipinski definition) is 5. The van der Waals surface area contributed by atoms with Crippen LogP contribution in [-0.2, 0) is 6.42 Å². The number of hydrogen-bond donors (Lipinski definition) is 1. The number of thiophene rings is 1. The Morgan fingerprint density at radius 1 is 1.56 bits per heavy atom. The van der Waals surface area contributed by atoms with Gasteiger partial charge in [-0.15, -0.1) is 11.3 Å². The topological polar surface area (TPSA) is 51.0 Å². The Balaban J connectivity index is 1.54. The third-order valence-corrected chi connectivity index (χ3v) is 4.18. The highest BCUT2D eigenvalue weighted by atomic mass is 32.1. The minimum absolute atomic E-state index is 0.512. The maximum Gasteiger partial charge on any atom is 0.223 e. The van der Waals surface area contributed by atoms with Crippen molar-refractivity contribution < 1.29 is 4.52 Å². The molecule has 18 heavy (non-hydrogen) atoms. The zero-order chi connectivity index (χ0) is 12.4. The van der Waals surface area contributed by atoms with Gasteiger partial charge in [-0.2, -0.15) is 4.98 Å². The highest BCUT2D eigenvalue weighted by molar-refractivity contribution is 7.10. The van der Waals surface area contributed by atoms with E-state index in [0.717, 1.165) is 24.7 Å². The van der Waals surface area contributed by atoms with E-state index in [4.69, 9.17) is 4.52 Å². The zero-order valence-electron chi connectivity index (χ0n) is 10.4. The second kappa shape index (κ2) is 5.20. The Morgan fingerprint density at radius 2 is 2.44 bits per heavy atom. The van der Waals surface area contributed by atoms with Crippen molar-refractivity contribution in [2.45, 2.75) is 32.2 Å². The van der Waals surface area contributed by atoms with Gasteiger partial charge in [-0.25, -0.2) is 0 Å². The first-order chi connectivity index (χ1) is 8.83. The van der Waals surface area contributed by atoms with Crippen LogP contribution in [0.4, 0.5) is 0 Å². The Hall–Kier alpha value is -1.20. The number of aromatic nitrogens is 2. The van der Waals surface area contributed by atoms with Crippen LogP contribution in [0.2, 0.25) is 0 Å². The molecule has 1 saturated carbocycles. The molecule has 0 spiro atoms. The van der Waals surface area contributed by atoms with Crippen molar-refractivity contribution in [3.63, 3.8) is 0 Å². The van der Waals surface area contributed by atoms with Crippen molar-refractivity contribution in [1.82, 2.24) is 15.5 Å². The number of rotatable bonds is 6. The molecule has 0 radical (unpaired) electrons. The van der Waals surface area contributed by atoms with Gasteiger partial charge in [0.2, 0.25) is 5.89 Å². The average Bonchev–Trinajstić information content (AvgIpc) is 2.88. The lowest BCUT2D eigenvalue weighted by Gasteiger charge is -2.16. The van der Waals surface area contributed by atoms with Crippen molar-refractivity contribution in [3.05, 3.63) is 34.1 Å². The summed E-state index contributed by atoms with van der Waals surface area (Å²) in [6.45, 7) is 2.72. The molecule has 0 aliphatic heterocycles. The van der Waals surface area contributed by atoms with Gasteiger partial charge in [0.05, 0.1) is 0 Å². The summed E-state index contributed by atoms with van der Waals surface area (Å²) < 4.78 is 4.97. The maximum absolute atomic E-state index is 4.97. The molecule has 0 saturated heterocycles. The molecule has 1 aliphatic carbocycles. The van der Waals surface area contributed by atoms with E-state index in [-0.39, 0.29) is 0 Å². The minimum atomic E-state index is 0.512. The fourth-order valence-corrected chi connectivity index (χ4v) is 3.07. The summed E-state index contributed by atoms with van der Waals surface area (Å²) in [5.41, 5.74) is 0. The van der Waals surface area contributed by atoms with Crippen molar-refractivity contribution in [2.24, 2.45) is 5.92 Å². The summed E-state index contributed by atoms with van der Waals surface area (Å²) in [5, 5.41) is 9.69. The summed E-state index contributed by atoms with van der Waals surface area (Å²) in [5.74, 6) is 2.25. The third kappa shape index (κ3) is 2.79. The quantitative estimate of drug-likeness (QED) is 0.870. The lowest BCUT2D eigenvalue weighted by molar-refractivity contribution is 0.385. The molecule has 1 aliphatic rings. The van der Waals surface area contributed by atoms with E-state index in [1.807, 2.05) is 18.3 Å². The van der Waals surface area contributed by atoms with Gasteiger partial charge >= 0.3 is 0 Å². The Labute approximate surface area is 110 Å². The summed E-state index contributed by atoms with van der Waals surface area (Å²) in [7, 11) is 0. The zero-order valence-corrected chi connectivity index (χ0v) is 11.2. The van der Waals surface area contributed by atoms with E-state index in [2.05, 4.69) is 33.0 Å². The van der Waals surface area contributed by atoms with Crippen molar-refractivity contribution in [3.8, 4) is 0 Å². The lowest BCUT2D eigenvalue weighted by Crippen LogP contribution is -2.24. The third-order valence-electron chi connectivity index (χ3n) is 3.23. The second-order valence-electron chi connectivity index (χ2n) is 4.76. The van der Waals surface area contributed by atoms with Crippen LogP contribution < -0.4 is 5.32 Å². The molecule has 1 N–H and O–H groups in total. The van der Waals surface area contributed by atoms with Crippen LogP contribution in [0, 0.1) is 12.8 Å². The first-order valence-electron chi connectivity index (χ1n) is 6.39. The van der Waals surface area contributed by atoms with Crippen LogP contribution in [0.3, 0.4) is 0 Å². The van der Waals surface area contributed by atoms with Crippen LogP contribution in [0.15, 0.2) is 22.0 Å². The number of nitrogens with zero attached hydrogens (tertiary/aromatic N) is 2. The van der Waals surface area contributed by atoms with Gasteiger partial charge in [-0.3, -0.25) is 0 Å². The fourth-order valence-electron chi connectivity index (χ4n) is 2.18. The molecule has 0 bridgehead atoms. The minimum Gasteiger partial charge on any atom is -0.340 e. The van der Waals surface area contributed by atoms with Crippen LogP contribution in [-0.4, -0.2) is 16.7 Å². The standard InChI is InChI=1S/C13H17N3OS/c1-9-15-12(16-17-9)6-7-14-13(10-4-5-10)11-3-2-8-18-11/h2-3,8,10,13-14H,4-7H2,1H3.